The Kier molecular flexibility index (Phi) is 5.21. The van der Waals surface area contributed by atoms with Crippen molar-refractivity contribution in [2.75, 3.05) is 7.11 Å². The molecule has 0 bridgehead atoms. The van der Waals surface area contributed by atoms with Crippen LogP contribution in [0.15, 0.2) is 85.6 Å². The predicted octanol–water partition coefficient (Wildman–Crippen LogP) is 5.16. The van der Waals surface area contributed by atoms with Crippen molar-refractivity contribution < 1.29 is 9.53 Å². The lowest BCUT2D eigenvalue weighted by Gasteiger charge is -2.06. The number of ketones is 1. The molecule has 2 aromatic carbocycles. The van der Waals surface area contributed by atoms with E-state index >= 15 is 0 Å². The fraction of sp³-hybridized carbons (Fsp3) is 0.0800. The van der Waals surface area contributed by atoms with Crippen LogP contribution in [-0.4, -0.2) is 32.2 Å². The molecule has 0 aliphatic carbocycles. The van der Waals surface area contributed by atoms with Crippen molar-refractivity contribution in [3.63, 3.8) is 0 Å². The molecule has 0 fully saturated rings. The van der Waals surface area contributed by atoms with Gasteiger partial charge in [0.15, 0.2) is 5.78 Å². The largest absolute Gasteiger partial charge is 0.497 e. The van der Waals surface area contributed by atoms with Gasteiger partial charge >= 0.3 is 0 Å². The topological polar surface area (TPSA) is 61.9 Å². The molecule has 0 N–H and O–H groups in total. The third-order valence-corrected chi connectivity index (χ3v) is 5.62. The average Bonchev–Trinajstić information content (AvgIpc) is 3.46. The molecule has 3 heterocycles. The fourth-order valence-electron chi connectivity index (χ4n) is 3.74. The number of hydrogen-bond acceptors (Lipinski definition) is 4. The van der Waals surface area contributed by atoms with Crippen molar-refractivity contribution in [2.24, 2.45) is 0 Å². The fourth-order valence-corrected chi connectivity index (χ4v) is 3.86. The minimum atomic E-state index is -0.0987. The minimum absolute atomic E-state index is 0.0987. The molecule has 7 heteroatoms. The number of carbonyl (C=O) groups excluding carboxylic acids is 1. The van der Waals surface area contributed by atoms with Crippen LogP contribution in [0, 0.1) is 0 Å². The van der Waals surface area contributed by atoms with Crippen molar-refractivity contribution in [1.29, 1.82) is 0 Å². The zero-order chi connectivity index (χ0) is 22.1. The van der Waals surface area contributed by atoms with E-state index in [0.29, 0.717) is 28.4 Å². The number of benzene rings is 2. The number of nitrogens with zero attached hydrogens (tertiary/aromatic N) is 4. The molecule has 0 amide bonds. The quantitative estimate of drug-likeness (QED) is 0.341. The monoisotopic (exact) mass is 442 g/mol. The summed E-state index contributed by atoms with van der Waals surface area (Å²) >= 11 is 6.03. The molecule has 0 saturated heterocycles. The Morgan fingerprint density at radius 1 is 1.03 bits per heavy atom. The minimum Gasteiger partial charge on any atom is -0.497 e. The molecule has 0 atom stereocenters. The number of aromatic nitrogens is 4. The van der Waals surface area contributed by atoms with E-state index in [2.05, 4.69) is 14.6 Å². The lowest BCUT2D eigenvalue weighted by molar-refractivity contribution is 0.104. The van der Waals surface area contributed by atoms with Crippen LogP contribution in [0.25, 0.3) is 16.6 Å². The Bertz CT molecular complexity index is 1410. The lowest BCUT2D eigenvalue weighted by atomic mass is 10.1. The Hall–Kier alpha value is -3.90. The number of ether oxygens (including phenoxy) is 1. The standard InChI is InChI=1S/C25H19ClN4O2/c1-32-21-6-7-24-22(12-21)23(16-29(24)14-17-2-4-19(26)5-3-17)25(31)18-13-28-30(15-18)20-8-10-27-11-9-20/h2-13,15-16H,14H2,1H3. The number of halogens is 1. The number of rotatable bonds is 6. The molecule has 6 nitrogen and oxygen atoms in total. The van der Waals surface area contributed by atoms with Crippen molar-refractivity contribution in [1.82, 2.24) is 19.3 Å². The van der Waals surface area contributed by atoms with Crippen LogP contribution >= 0.6 is 11.6 Å². The van der Waals surface area contributed by atoms with Gasteiger partial charge in [-0.25, -0.2) is 4.68 Å². The van der Waals surface area contributed by atoms with Crippen LogP contribution in [0.2, 0.25) is 5.02 Å². The molecule has 0 aliphatic heterocycles. The molecule has 0 spiro atoms. The van der Waals surface area contributed by atoms with E-state index < -0.39 is 0 Å². The lowest BCUT2D eigenvalue weighted by Crippen LogP contribution is -2.01. The molecule has 3 aromatic heterocycles. The van der Waals surface area contributed by atoms with Gasteiger partial charge in [0.2, 0.25) is 0 Å². The highest BCUT2D eigenvalue weighted by atomic mass is 35.5. The number of fused-ring (bicyclic) bond motifs is 1. The summed E-state index contributed by atoms with van der Waals surface area (Å²) in [6.45, 7) is 0.615. The van der Waals surface area contributed by atoms with E-state index in [-0.39, 0.29) is 5.78 Å². The van der Waals surface area contributed by atoms with Gasteiger partial charge < -0.3 is 9.30 Å². The maximum atomic E-state index is 13.5. The van der Waals surface area contributed by atoms with Gasteiger partial charge in [0.05, 0.1) is 24.6 Å². The van der Waals surface area contributed by atoms with Gasteiger partial charge in [-0.2, -0.15) is 5.10 Å². The Morgan fingerprint density at radius 2 is 1.81 bits per heavy atom. The van der Waals surface area contributed by atoms with E-state index in [9.17, 15) is 4.79 Å². The second-order valence-corrected chi connectivity index (χ2v) is 7.82. The van der Waals surface area contributed by atoms with Gasteiger partial charge in [0.25, 0.3) is 0 Å². The first-order chi connectivity index (χ1) is 15.6. The highest BCUT2D eigenvalue weighted by Crippen LogP contribution is 2.29. The third kappa shape index (κ3) is 3.76. The SMILES string of the molecule is COc1ccc2c(c1)c(C(=O)c1cnn(-c3ccncc3)c1)cn2Cc1ccc(Cl)cc1. The zero-order valence-corrected chi connectivity index (χ0v) is 18.0. The molecule has 158 valence electrons. The second-order valence-electron chi connectivity index (χ2n) is 7.39. The number of pyridine rings is 1. The van der Waals surface area contributed by atoms with Crippen molar-refractivity contribution >= 4 is 28.3 Å². The van der Waals surface area contributed by atoms with Gasteiger partial charge in [-0.3, -0.25) is 9.78 Å². The third-order valence-electron chi connectivity index (χ3n) is 5.37. The zero-order valence-electron chi connectivity index (χ0n) is 17.3. The van der Waals surface area contributed by atoms with Crippen LogP contribution in [0.1, 0.15) is 21.5 Å². The predicted molar refractivity (Wildman–Crippen MR) is 124 cm³/mol. The van der Waals surface area contributed by atoms with Crippen molar-refractivity contribution in [3.05, 3.63) is 107 Å². The maximum Gasteiger partial charge on any atom is 0.198 e. The van der Waals surface area contributed by atoms with Crippen LogP contribution in [0.5, 0.6) is 5.75 Å². The van der Waals surface area contributed by atoms with E-state index in [1.807, 2.05) is 60.8 Å². The van der Waals surface area contributed by atoms with Crippen LogP contribution in [-0.2, 0) is 6.54 Å². The Labute approximate surface area is 189 Å². The first-order valence-corrected chi connectivity index (χ1v) is 10.4. The van der Waals surface area contributed by atoms with Crippen LogP contribution in [0.3, 0.4) is 0 Å². The number of carbonyl (C=O) groups is 1. The summed E-state index contributed by atoms with van der Waals surface area (Å²) in [6, 6.07) is 17.1. The smallest absolute Gasteiger partial charge is 0.198 e. The van der Waals surface area contributed by atoms with Gasteiger partial charge in [0.1, 0.15) is 5.75 Å². The average molecular weight is 443 g/mol. The summed E-state index contributed by atoms with van der Waals surface area (Å²) in [7, 11) is 1.62. The molecule has 0 unspecified atom stereocenters. The highest BCUT2D eigenvalue weighted by molar-refractivity contribution is 6.30. The van der Waals surface area contributed by atoms with Crippen molar-refractivity contribution in [2.45, 2.75) is 6.54 Å². The van der Waals surface area contributed by atoms with Gasteiger partial charge in [-0.1, -0.05) is 23.7 Å². The Balaban J connectivity index is 1.56. The first-order valence-electron chi connectivity index (χ1n) is 10.0. The summed E-state index contributed by atoms with van der Waals surface area (Å²) in [6.07, 6.45) is 8.60. The maximum absolute atomic E-state index is 13.5. The summed E-state index contributed by atoms with van der Waals surface area (Å²) in [5.41, 5.74) is 3.99. The Morgan fingerprint density at radius 3 is 2.56 bits per heavy atom. The van der Waals surface area contributed by atoms with E-state index in [0.717, 1.165) is 22.2 Å². The van der Waals surface area contributed by atoms with Crippen molar-refractivity contribution in [3.8, 4) is 11.4 Å². The van der Waals surface area contributed by atoms with Gasteiger partial charge in [-0.05, 0) is 48.0 Å². The highest BCUT2D eigenvalue weighted by Gasteiger charge is 2.19. The molecular formula is C25H19ClN4O2. The number of hydrogen-bond donors (Lipinski definition) is 0. The normalized spacial score (nSPS) is 11.1. The summed E-state index contributed by atoms with van der Waals surface area (Å²) in [5.74, 6) is 0.599. The summed E-state index contributed by atoms with van der Waals surface area (Å²) < 4.78 is 9.14. The molecule has 0 radical (unpaired) electrons. The van der Waals surface area contributed by atoms with Crippen LogP contribution < -0.4 is 4.74 Å². The van der Waals surface area contributed by atoms with E-state index in [4.69, 9.17) is 16.3 Å². The van der Waals surface area contributed by atoms with Gasteiger partial charge in [0, 0.05) is 52.8 Å². The van der Waals surface area contributed by atoms with E-state index in [1.165, 1.54) is 0 Å². The molecule has 5 aromatic rings. The molecule has 5 rings (SSSR count). The first kappa shape index (κ1) is 20.0. The molecule has 32 heavy (non-hydrogen) atoms. The summed E-state index contributed by atoms with van der Waals surface area (Å²) in [5, 5.41) is 5.88. The molecule has 0 aliphatic rings. The molecule has 0 saturated carbocycles. The summed E-state index contributed by atoms with van der Waals surface area (Å²) in [4.78, 5) is 17.5. The van der Waals surface area contributed by atoms with Crippen LogP contribution in [0.4, 0.5) is 0 Å². The van der Waals surface area contributed by atoms with E-state index in [1.54, 1.807) is 36.6 Å². The second kappa shape index (κ2) is 8.32. The molecular weight excluding hydrogens is 424 g/mol. The number of methoxy groups -OCH3 is 1. The van der Waals surface area contributed by atoms with Gasteiger partial charge in [-0.15, -0.1) is 0 Å².